The predicted molar refractivity (Wildman–Crippen MR) is 92.5 cm³/mol. The summed E-state index contributed by atoms with van der Waals surface area (Å²) in [6, 6.07) is 5.80. The fourth-order valence-electron chi connectivity index (χ4n) is 2.58. The Kier molecular flexibility index (Phi) is 4.42. The van der Waals surface area contributed by atoms with E-state index in [0.29, 0.717) is 16.4 Å². The fraction of sp³-hybridized carbons (Fsp3) is 0.312. The van der Waals surface area contributed by atoms with Crippen LogP contribution >= 0.6 is 23.6 Å². The van der Waals surface area contributed by atoms with E-state index < -0.39 is 17.6 Å². The molecule has 1 aliphatic heterocycles. The lowest BCUT2D eigenvalue weighted by Gasteiger charge is -2.19. The Morgan fingerprint density at radius 2 is 2.00 bits per heavy atom. The van der Waals surface area contributed by atoms with Crippen molar-refractivity contribution < 1.29 is 19.4 Å². The molecule has 1 aromatic heterocycles. The number of rotatable bonds is 4. The maximum absolute atomic E-state index is 12.5. The normalized spacial score (nSPS) is 14.0. The van der Waals surface area contributed by atoms with E-state index >= 15 is 0 Å². The number of hydrogen-bond acceptors (Lipinski definition) is 6. The third-order valence-electron chi connectivity index (χ3n) is 3.71. The number of carbonyl (C=O) groups is 1. The number of aliphatic carboxylic acids is 1. The molecule has 1 atom stereocenters. The third-order valence-corrected chi connectivity index (χ3v) is 5.10. The zero-order valence-electron chi connectivity index (χ0n) is 13.0. The minimum absolute atomic E-state index is 0.171. The molecule has 6 nitrogen and oxygen atoms in total. The van der Waals surface area contributed by atoms with Gasteiger partial charge in [0.15, 0.2) is 15.5 Å². The smallest absolute Gasteiger partial charge is 0.327 e. The second-order valence-corrected chi connectivity index (χ2v) is 7.36. The van der Waals surface area contributed by atoms with Gasteiger partial charge in [-0.3, -0.25) is 9.36 Å². The number of ether oxygens (including phenoxy) is 2. The highest BCUT2D eigenvalue weighted by Crippen LogP contribution is 2.36. The van der Waals surface area contributed by atoms with Crippen molar-refractivity contribution in [2.45, 2.75) is 19.9 Å². The molecule has 0 spiro atoms. The molecule has 126 valence electrons. The molecule has 0 saturated heterocycles. The van der Waals surface area contributed by atoms with Crippen molar-refractivity contribution in [3.8, 4) is 21.9 Å². The topological polar surface area (TPSA) is 77.8 Å². The van der Waals surface area contributed by atoms with Gasteiger partial charge >= 0.3 is 5.97 Å². The number of carboxylic acid groups (broad SMARTS) is 1. The van der Waals surface area contributed by atoms with Crippen LogP contribution in [0.15, 0.2) is 29.1 Å². The molecule has 0 bridgehead atoms. The maximum Gasteiger partial charge on any atom is 0.327 e. The molecule has 1 aromatic carbocycles. The first-order valence-corrected chi connectivity index (χ1v) is 8.50. The summed E-state index contributed by atoms with van der Waals surface area (Å²) in [6.07, 6.45) is 0. The summed E-state index contributed by atoms with van der Waals surface area (Å²) in [6.45, 7) is 3.66. The van der Waals surface area contributed by atoms with Crippen LogP contribution in [0.5, 0.6) is 11.5 Å². The van der Waals surface area contributed by atoms with Gasteiger partial charge in [-0.05, 0) is 41.9 Å². The molecule has 1 N–H and O–H groups in total. The number of nitrogens with zero attached hydrogens (tertiary/aromatic N) is 1. The Labute approximate surface area is 146 Å². The molecule has 0 radical (unpaired) electrons. The number of aromatic nitrogens is 1. The zero-order chi connectivity index (χ0) is 17.4. The quantitative estimate of drug-likeness (QED) is 0.838. The van der Waals surface area contributed by atoms with E-state index in [1.54, 1.807) is 26.0 Å². The molecule has 0 saturated carbocycles. The Morgan fingerprint density at radius 1 is 1.29 bits per heavy atom. The van der Waals surface area contributed by atoms with Crippen LogP contribution in [0.3, 0.4) is 0 Å². The first-order chi connectivity index (χ1) is 11.4. The minimum Gasteiger partial charge on any atom is -0.480 e. The van der Waals surface area contributed by atoms with Gasteiger partial charge in [0.25, 0.3) is 5.56 Å². The summed E-state index contributed by atoms with van der Waals surface area (Å²) < 4.78 is 12.0. The van der Waals surface area contributed by atoms with Gasteiger partial charge in [0.05, 0.1) is 0 Å². The number of hydrogen-bond donors (Lipinski definition) is 1. The summed E-state index contributed by atoms with van der Waals surface area (Å²) >= 11 is 6.50. The average Bonchev–Trinajstić information content (AvgIpc) is 2.97. The van der Waals surface area contributed by atoms with Gasteiger partial charge in [0.1, 0.15) is 6.04 Å². The highest BCUT2D eigenvalue weighted by atomic mass is 32.1. The van der Waals surface area contributed by atoms with Crippen LogP contribution in [-0.2, 0) is 4.79 Å². The summed E-state index contributed by atoms with van der Waals surface area (Å²) in [7, 11) is 0. The maximum atomic E-state index is 12.5. The van der Waals surface area contributed by atoms with Crippen molar-refractivity contribution in [2.24, 2.45) is 5.92 Å². The summed E-state index contributed by atoms with van der Waals surface area (Å²) in [5.74, 6) is -0.0615. The van der Waals surface area contributed by atoms with Crippen LogP contribution in [0.4, 0.5) is 0 Å². The van der Waals surface area contributed by atoms with Gasteiger partial charge < -0.3 is 14.6 Å². The monoisotopic (exact) mass is 365 g/mol. The van der Waals surface area contributed by atoms with Crippen molar-refractivity contribution in [2.75, 3.05) is 6.79 Å². The molecule has 1 unspecified atom stereocenters. The second kappa shape index (κ2) is 6.37. The van der Waals surface area contributed by atoms with Crippen LogP contribution in [0.25, 0.3) is 10.4 Å². The standard InChI is InChI=1S/C16H15NO5S2/c1-8(2)14(15(19)20)17-13(18)6-12(24-16(17)23)9-3-4-10-11(5-9)22-7-21-10/h3-6,8,14H,7H2,1-2H3,(H,19,20). The van der Waals surface area contributed by atoms with Crippen LogP contribution in [0, 0.1) is 9.87 Å². The third kappa shape index (κ3) is 2.94. The predicted octanol–water partition coefficient (Wildman–Crippen LogP) is 3.32. The summed E-state index contributed by atoms with van der Waals surface area (Å²) in [5, 5.41) is 9.41. The van der Waals surface area contributed by atoms with E-state index in [4.69, 9.17) is 21.7 Å². The van der Waals surface area contributed by atoms with E-state index in [2.05, 4.69) is 0 Å². The number of carboxylic acids is 1. The van der Waals surface area contributed by atoms with Crippen LogP contribution in [0.2, 0.25) is 0 Å². The molecule has 0 fully saturated rings. The number of benzene rings is 1. The average molecular weight is 365 g/mol. The Hall–Kier alpha value is -2.19. The first-order valence-electron chi connectivity index (χ1n) is 7.28. The summed E-state index contributed by atoms with van der Waals surface area (Å²) in [5.41, 5.74) is 0.350. The molecular formula is C16H15NO5S2. The van der Waals surface area contributed by atoms with Gasteiger partial charge in [-0.25, -0.2) is 4.79 Å². The lowest BCUT2D eigenvalue weighted by molar-refractivity contribution is -0.142. The fourth-order valence-corrected chi connectivity index (χ4v) is 3.95. The van der Waals surface area contributed by atoms with Gasteiger partial charge in [0, 0.05) is 10.9 Å². The highest BCUT2D eigenvalue weighted by Gasteiger charge is 2.26. The molecule has 2 heterocycles. The lowest BCUT2D eigenvalue weighted by Crippen LogP contribution is -2.32. The Balaban J connectivity index is 2.09. The SMILES string of the molecule is CC(C)C(C(=O)O)n1c(=O)cc(-c2ccc3c(c2)OCO3)sc1=S. The zero-order valence-corrected chi connectivity index (χ0v) is 14.6. The second-order valence-electron chi connectivity index (χ2n) is 5.68. The van der Waals surface area contributed by atoms with Crippen molar-refractivity contribution in [3.05, 3.63) is 38.6 Å². The van der Waals surface area contributed by atoms with Crippen LogP contribution < -0.4 is 15.0 Å². The van der Waals surface area contributed by atoms with E-state index in [1.165, 1.54) is 22.0 Å². The molecule has 1 aliphatic rings. The van der Waals surface area contributed by atoms with E-state index in [-0.39, 0.29) is 16.7 Å². The van der Waals surface area contributed by atoms with Gasteiger partial charge in [-0.15, -0.1) is 11.3 Å². The van der Waals surface area contributed by atoms with Crippen molar-refractivity contribution in [1.29, 1.82) is 0 Å². The minimum atomic E-state index is -1.07. The Morgan fingerprint density at radius 3 is 2.62 bits per heavy atom. The molecule has 0 aliphatic carbocycles. The van der Waals surface area contributed by atoms with E-state index in [0.717, 1.165) is 5.56 Å². The van der Waals surface area contributed by atoms with Crippen LogP contribution in [-0.4, -0.2) is 22.4 Å². The van der Waals surface area contributed by atoms with E-state index in [1.807, 2.05) is 6.07 Å². The largest absolute Gasteiger partial charge is 0.480 e. The molecule has 3 rings (SSSR count). The molecular weight excluding hydrogens is 350 g/mol. The first kappa shape index (κ1) is 16.7. The Bertz CT molecular complexity index is 884. The lowest BCUT2D eigenvalue weighted by atomic mass is 10.0. The van der Waals surface area contributed by atoms with Crippen molar-refractivity contribution in [1.82, 2.24) is 4.57 Å². The van der Waals surface area contributed by atoms with Crippen molar-refractivity contribution in [3.63, 3.8) is 0 Å². The van der Waals surface area contributed by atoms with Crippen LogP contribution in [0.1, 0.15) is 19.9 Å². The molecule has 0 amide bonds. The van der Waals surface area contributed by atoms with Gasteiger partial charge in [0.2, 0.25) is 6.79 Å². The molecule has 8 heteroatoms. The summed E-state index contributed by atoms with van der Waals surface area (Å²) in [4.78, 5) is 24.7. The van der Waals surface area contributed by atoms with E-state index in [9.17, 15) is 14.7 Å². The van der Waals surface area contributed by atoms with Gasteiger partial charge in [-0.1, -0.05) is 13.8 Å². The van der Waals surface area contributed by atoms with Crippen molar-refractivity contribution >= 4 is 29.5 Å². The van der Waals surface area contributed by atoms with Gasteiger partial charge in [-0.2, -0.15) is 0 Å². The molecule has 24 heavy (non-hydrogen) atoms. The number of fused-ring (bicyclic) bond motifs is 1. The highest BCUT2D eigenvalue weighted by molar-refractivity contribution is 7.73. The molecule has 2 aromatic rings.